The van der Waals surface area contributed by atoms with E-state index in [-0.39, 0.29) is 16.9 Å². The Morgan fingerprint density at radius 1 is 1.00 bits per heavy atom. The summed E-state index contributed by atoms with van der Waals surface area (Å²) in [5, 5.41) is 7.84. The van der Waals surface area contributed by atoms with Gasteiger partial charge < -0.3 is 15.6 Å². The number of anilines is 2. The van der Waals surface area contributed by atoms with Crippen molar-refractivity contribution in [2.24, 2.45) is 0 Å². The van der Waals surface area contributed by atoms with Gasteiger partial charge in [-0.2, -0.15) is 0 Å². The van der Waals surface area contributed by atoms with Crippen LogP contribution in [0.4, 0.5) is 11.6 Å². The minimum absolute atomic E-state index is 0.0381. The fraction of sp³-hybridized carbons (Fsp3) is 0.174. The molecule has 146 valence electrons. The van der Waals surface area contributed by atoms with Gasteiger partial charge in [0.15, 0.2) is 0 Å². The highest BCUT2D eigenvalue weighted by Gasteiger charge is 2.24. The lowest BCUT2D eigenvalue weighted by Crippen LogP contribution is -2.15. The lowest BCUT2D eigenvalue weighted by molar-refractivity contribution is 0.102. The quantitative estimate of drug-likeness (QED) is 0.515. The first-order valence-electron chi connectivity index (χ1n) is 9.36. The number of para-hydroxylation sites is 1. The van der Waals surface area contributed by atoms with Crippen molar-refractivity contribution in [3.8, 4) is 11.4 Å². The van der Waals surface area contributed by atoms with Gasteiger partial charge in [-0.3, -0.25) is 4.79 Å². The molecule has 4 rings (SSSR count). The summed E-state index contributed by atoms with van der Waals surface area (Å²) in [6.45, 7) is 6.42. The third-order valence-electron chi connectivity index (χ3n) is 4.80. The number of nitrogens with one attached hydrogen (secondary N) is 1. The Kier molecular flexibility index (Phi) is 4.54. The van der Waals surface area contributed by atoms with Gasteiger partial charge in [-0.15, -0.1) is 0 Å². The molecule has 1 amide bonds. The van der Waals surface area contributed by atoms with Gasteiger partial charge in [-0.25, -0.2) is 4.98 Å². The Balaban J connectivity index is 1.65. The monoisotopic (exact) mass is 386 g/mol. The van der Waals surface area contributed by atoms with E-state index < -0.39 is 5.91 Å². The van der Waals surface area contributed by atoms with Crippen LogP contribution in [0.1, 0.15) is 36.7 Å². The summed E-state index contributed by atoms with van der Waals surface area (Å²) in [5.74, 6) is -0.434. The maximum absolute atomic E-state index is 12.9. The van der Waals surface area contributed by atoms with E-state index in [1.54, 1.807) is 6.07 Å². The first-order chi connectivity index (χ1) is 13.8. The van der Waals surface area contributed by atoms with Gasteiger partial charge in [0, 0.05) is 11.1 Å². The van der Waals surface area contributed by atoms with Gasteiger partial charge in [-0.1, -0.05) is 62.3 Å². The summed E-state index contributed by atoms with van der Waals surface area (Å²) >= 11 is 0. The van der Waals surface area contributed by atoms with E-state index in [4.69, 9.17) is 10.3 Å². The number of carbonyl (C=O) groups is 1. The number of fused-ring (bicyclic) bond motifs is 1. The summed E-state index contributed by atoms with van der Waals surface area (Å²) in [5.41, 5.74) is 9.61. The third-order valence-corrected chi connectivity index (χ3v) is 4.80. The second kappa shape index (κ2) is 7.05. The molecule has 0 unspecified atom stereocenters. The highest BCUT2D eigenvalue weighted by Crippen LogP contribution is 2.29. The van der Waals surface area contributed by atoms with Crippen molar-refractivity contribution >= 4 is 28.4 Å². The second-order valence-electron chi connectivity index (χ2n) is 7.94. The van der Waals surface area contributed by atoms with Crippen LogP contribution in [0.5, 0.6) is 0 Å². The van der Waals surface area contributed by atoms with E-state index >= 15 is 0 Å². The molecule has 0 aliphatic heterocycles. The summed E-state index contributed by atoms with van der Waals surface area (Å²) in [7, 11) is 0. The zero-order valence-corrected chi connectivity index (χ0v) is 16.6. The van der Waals surface area contributed by atoms with Gasteiger partial charge >= 0.3 is 0 Å². The number of nitrogen functional groups attached to an aromatic ring is 1. The standard InChI is InChI=1S/C23H22N4O2/c1-23(2,3)15-9-11-16(12-10-15)25-22(28)19-20(27-29-21(19)24)18-13-8-14-6-4-5-7-17(14)26-18/h4-13H,24H2,1-3H3,(H,25,28). The molecule has 0 saturated heterocycles. The van der Waals surface area contributed by atoms with Crippen LogP contribution in [0, 0.1) is 0 Å². The molecule has 0 bridgehead atoms. The van der Waals surface area contributed by atoms with Gasteiger partial charge in [0.05, 0.1) is 11.2 Å². The summed E-state index contributed by atoms with van der Waals surface area (Å²) in [6.07, 6.45) is 0. The molecule has 4 aromatic rings. The minimum Gasteiger partial charge on any atom is -0.367 e. The van der Waals surface area contributed by atoms with Crippen LogP contribution >= 0.6 is 0 Å². The predicted octanol–water partition coefficient (Wildman–Crippen LogP) is 5.02. The Hall–Kier alpha value is -3.67. The Morgan fingerprint density at radius 2 is 1.72 bits per heavy atom. The van der Waals surface area contributed by atoms with Crippen molar-refractivity contribution in [1.29, 1.82) is 0 Å². The molecule has 3 N–H and O–H groups in total. The number of amides is 1. The molecule has 2 heterocycles. The summed E-state index contributed by atoms with van der Waals surface area (Å²) in [4.78, 5) is 17.5. The topological polar surface area (TPSA) is 94.0 Å². The van der Waals surface area contributed by atoms with E-state index in [0.29, 0.717) is 17.1 Å². The number of aromatic nitrogens is 2. The van der Waals surface area contributed by atoms with E-state index in [2.05, 4.69) is 36.2 Å². The number of nitrogens with zero attached hydrogens (tertiary/aromatic N) is 2. The van der Waals surface area contributed by atoms with Crippen molar-refractivity contribution < 1.29 is 9.32 Å². The average molecular weight is 386 g/mol. The van der Waals surface area contributed by atoms with Crippen LogP contribution in [-0.4, -0.2) is 16.0 Å². The van der Waals surface area contributed by atoms with E-state index in [1.807, 2.05) is 54.6 Å². The zero-order valence-electron chi connectivity index (χ0n) is 16.6. The molecule has 2 aromatic heterocycles. The average Bonchev–Trinajstić information content (AvgIpc) is 3.09. The highest BCUT2D eigenvalue weighted by molar-refractivity contribution is 6.10. The van der Waals surface area contributed by atoms with Crippen molar-refractivity contribution in [2.45, 2.75) is 26.2 Å². The molecule has 6 heteroatoms. The Morgan fingerprint density at radius 3 is 2.45 bits per heavy atom. The maximum Gasteiger partial charge on any atom is 0.263 e. The molecule has 2 aromatic carbocycles. The molecule has 0 fully saturated rings. The first-order valence-corrected chi connectivity index (χ1v) is 9.36. The molecule has 0 saturated carbocycles. The van der Waals surface area contributed by atoms with Crippen molar-refractivity contribution in [2.75, 3.05) is 11.1 Å². The summed E-state index contributed by atoms with van der Waals surface area (Å²) < 4.78 is 5.11. The number of carbonyl (C=O) groups excluding carboxylic acids is 1. The number of hydrogen-bond acceptors (Lipinski definition) is 5. The van der Waals surface area contributed by atoms with E-state index in [9.17, 15) is 4.79 Å². The van der Waals surface area contributed by atoms with Gasteiger partial charge in [-0.05, 0) is 35.2 Å². The summed E-state index contributed by atoms with van der Waals surface area (Å²) in [6, 6.07) is 19.2. The fourth-order valence-corrected chi connectivity index (χ4v) is 3.14. The molecule has 0 spiro atoms. The SMILES string of the molecule is CC(C)(C)c1ccc(NC(=O)c2c(-c3ccc4ccccc4n3)noc2N)cc1. The lowest BCUT2D eigenvalue weighted by Gasteiger charge is -2.19. The second-order valence-corrected chi connectivity index (χ2v) is 7.94. The van der Waals surface area contributed by atoms with E-state index in [0.717, 1.165) is 10.9 Å². The largest absolute Gasteiger partial charge is 0.367 e. The van der Waals surface area contributed by atoms with E-state index in [1.165, 1.54) is 5.56 Å². The molecule has 29 heavy (non-hydrogen) atoms. The fourth-order valence-electron chi connectivity index (χ4n) is 3.14. The molecular formula is C23H22N4O2. The Labute approximate surface area is 168 Å². The lowest BCUT2D eigenvalue weighted by atomic mass is 9.87. The van der Waals surface area contributed by atoms with Crippen LogP contribution in [0.3, 0.4) is 0 Å². The minimum atomic E-state index is -0.391. The Bertz CT molecular complexity index is 1190. The van der Waals surface area contributed by atoms with Crippen molar-refractivity contribution in [1.82, 2.24) is 10.1 Å². The van der Waals surface area contributed by atoms with Crippen LogP contribution < -0.4 is 11.1 Å². The molecule has 0 atom stereocenters. The number of benzene rings is 2. The van der Waals surface area contributed by atoms with Crippen LogP contribution in [0.25, 0.3) is 22.3 Å². The number of nitrogens with two attached hydrogens (primary N) is 1. The predicted molar refractivity (Wildman–Crippen MR) is 115 cm³/mol. The number of hydrogen-bond donors (Lipinski definition) is 2. The van der Waals surface area contributed by atoms with Crippen molar-refractivity contribution in [3.05, 3.63) is 71.8 Å². The molecule has 6 nitrogen and oxygen atoms in total. The van der Waals surface area contributed by atoms with Crippen LogP contribution in [0.2, 0.25) is 0 Å². The maximum atomic E-state index is 12.9. The third kappa shape index (κ3) is 3.69. The van der Waals surface area contributed by atoms with Crippen LogP contribution in [-0.2, 0) is 5.41 Å². The number of pyridine rings is 1. The molecule has 0 aliphatic carbocycles. The van der Waals surface area contributed by atoms with Gasteiger partial charge in [0.1, 0.15) is 11.3 Å². The molecule has 0 aliphatic rings. The molecule has 0 radical (unpaired) electrons. The zero-order chi connectivity index (χ0) is 20.6. The normalized spacial score (nSPS) is 11.6. The molecular weight excluding hydrogens is 364 g/mol. The first kappa shape index (κ1) is 18.7. The van der Waals surface area contributed by atoms with Crippen LogP contribution in [0.15, 0.2) is 65.2 Å². The smallest absolute Gasteiger partial charge is 0.263 e. The van der Waals surface area contributed by atoms with Gasteiger partial charge in [0.25, 0.3) is 5.91 Å². The number of rotatable bonds is 3. The highest BCUT2D eigenvalue weighted by atomic mass is 16.5. The van der Waals surface area contributed by atoms with Crippen molar-refractivity contribution in [3.63, 3.8) is 0 Å². The van der Waals surface area contributed by atoms with Gasteiger partial charge in [0.2, 0.25) is 5.88 Å².